The summed E-state index contributed by atoms with van der Waals surface area (Å²) in [6, 6.07) is 13.4. The van der Waals surface area contributed by atoms with Gasteiger partial charge in [-0.15, -0.1) is 0 Å². The summed E-state index contributed by atoms with van der Waals surface area (Å²) in [6.45, 7) is 6.56. The van der Waals surface area contributed by atoms with Crippen molar-refractivity contribution in [3.63, 3.8) is 0 Å². The molecular formula is C22H22N2O4. The molecule has 1 saturated heterocycles. The molecule has 0 spiro atoms. The fraction of sp³-hybridized carbons (Fsp3) is 0.227. The van der Waals surface area contributed by atoms with E-state index < -0.39 is 17.8 Å². The second-order valence-corrected chi connectivity index (χ2v) is 6.71. The number of hydrogen-bond donors (Lipinski definition) is 1. The molecule has 0 unspecified atom stereocenters. The van der Waals surface area contributed by atoms with E-state index in [1.807, 2.05) is 19.1 Å². The number of ether oxygens (including phenoxy) is 1. The van der Waals surface area contributed by atoms with Crippen LogP contribution in [0.25, 0.3) is 6.08 Å². The standard InChI is InChI=1S/C22H22N2O4/c1-4-28-18-11-5-15(6-12-18)13-19-20(25)23-22(27)24(21(19)26)17-9-7-16(8-10-17)14(2)3/h5-14H,4H2,1-3H3,(H,23,25,27)/b19-13+. The summed E-state index contributed by atoms with van der Waals surface area (Å²) >= 11 is 0. The monoisotopic (exact) mass is 378 g/mol. The molecule has 144 valence electrons. The number of hydrogen-bond acceptors (Lipinski definition) is 4. The molecule has 1 aliphatic heterocycles. The van der Waals surface area contributed by atoms with Gasteiger partial charge in [0.2, 0.25) is 0 Å². The fourth-order valence-electron chi connectivity index (χ4n) is 2.89. The number of nitrogens with zero attached hydrogens (tertiary/aromatic N) is 1. The molecule has 4 amide bonds. The minimum Gasteiger partial charge on any atom is -0.494 e. The van der Waals surface area contributed by atoms with Gasteiger partial charge in [0.1, 0.15) is 11.3 Å². The first-order valence-electron chi connectivity index (χ1n) is 9.15. The van der Waals surface area contributed by atoms with Crippen LogP contribution >= 0.6 is 0 Å². The van der Waals surface area contributed by atoms with Crippen molar-refractivity contribution in [3.05, 3.63) is 65.2 Å². The summed E-state index contributed by atoms with van der Waals surface area (Å²) in [5.41, 5.74) is 2.06. The number of carbonyl (C=O) groups excluding carboxylic acids is 3. The quantitative estimate of drug-likeness (QED) is 0.633. The molecule has 0 bridgehead atoms. The van der Waals surface area contributed by atoms with Crippen molar-refractivity contribution in [2.24, 2.45) is 0 Å². The molecule has 1 heterocycles. The maximum atomic E-state index is 12.9. The summed E-state index contributed by atoms with van der Waals surface area (Å²) in [5, 5.41) is 2.23. The van der Waals surface area contributed by atoms with E-state index in [0.29, 0.717) is 29.5 Å². The Morgan fingerprint density at radius 1 is 1.00 bits per heavy atom. The number of barbiturate groups is 1. The van der Waals surface area contributed by atoms with E-state index in [1.54, 1.807) is 36.4 Å². The van der Waals surface area contributed by atoms with Gasteiger partial charge in [-0.1, -0.05) is 38.1 Å². The highest BCUT2D eigenvalue weighted by atomic mass is 16.5. The van der Waals surface area contributed by atoms with E-state index in [4.69, 9.17) is 4.74 Å². The molecule has 1 fully saturated rings. The van der Waals surface area contributed by atoms with E-state index in [0.717, 1.165) is 10.5 Å². The lowest BCUT2D eigenvalue weighted by Gasteiger charge is -2.26. The number of benzene rings is 2. The summed E-state index contributed by atoms with van der Waals surface area (Å²) in [6.07, 6.45) is 1.47. The number of nitrogens with one attached hydrogen (secondary N) is 1. The first kappa shape index (κ1) is 19.4. The van der Waals surface area contributed by atoms with Crippen LogP contribution in [0.1, 0.15) is 37.8 Å². The Balaban J connectivity index is 1.91. The molecule has 0 radical (unpaired) electrons. The molecule has 3 rings (SSSR count). The Morgan fingerprint density at radius 2 is 1.64 bits per heavy atom. The molecule has 6 heteroatoms. The van der Waals surface area contributed by atoms with Crippen molar-refractivity contribution in [1.82, 2.24) is 5.32 Å². The second kappa shape index (κ2) is 8.08. The van der Waals surface area contributed by atoms with Gasteiger partial charge in [0, 0.05) is 0 Å². The number of urea groups is 1. The van der Waals surface area contributed by atoms with E-state index in [1.165, 1.54) is 6.08 Å². The van der Waals surface area contributed by atoms with Gasteiger partial charge in [0.15, 0.2) is 0 Å². The minimum absolute atomic E-state index is 0.100. The lowest BCUT2D eigenvalue weighted by molar-refractivity contribution is -0.122. The van der Waals surface area contributed by atoms with Crippen LogP contribution in [-0.2, 0) is 9.59 Å². The van der Waals surface area contributed by atoms with Crippen LogP contribution in [0.5, 0.6) is 5.75 Å². The van der Waals surface area contributed by atoms with Crippen LogP contribution < -0.4 is 15.0 Å². The first-order chi connectivity index (χ1) is 13.4. The fourth-order valence-corrected chi connectivity index (χ4v) is 2.89. The number of amides is 4. The normalized spacial score (nSPS) is 15.9. The van der Waals surface area contributed by atoms with Gasteiger partial charge in [-0.05, 0) is 54.3 Å². The van der Waals surface area contributed by atoms with Crippen molar-refractivity contribution in [2.75, 3.05) is 11.5 Å². The largest absolute Gasteiger partial charge is 0.494 e. The van der Waals surface area contributed by atoms with Gasteiger partial charge in [-0.25, -0.2) is 9.69 Å². The maximum Gasteiger partial charge on any atom is 0.335 e. The zero-order valence-electron chi connectivity index (χ0n) is 16.1. The number of carbonyl (C=O) groups is 3. The molecule has 0 atom stereocenters. The van der Waals surface area contributed by atoms with Crippen LogP contribution in [0.15, 0.2) is 54.1 Å². The van der Waals surface area contributed by atoms with Crippen molar-refractivity contribution in [2.45, 2.75) is 26.7 Å². The topological polar surface area (TPSA) is 75.7 Å². The average molecular weight is 378 g/mol. The van der Waals surface area contributed by atoms with Crippen LogP contribution in [0.4, 0.5) is 10.5 Å². The van der Waals surface area contributed by atoms with E-state index in [2.05, 4.69) is 19.2 Å². The molecule has 1 aliphatic rings. The van der Waals surface area contributed by atoms with Gasteiger partial charge < -0.3 is 4.74 Å². The maximum absolute atomic E-state index is 12.9. The van der Waals surface area contributed by atoms with Gasteiger partial charge >= 0.3 is 6.03 Å². The summed E-state index contributed by atoms with van der Waals surface area (Å²) in [5.74, 6) is -0.332. The van der Waals surface area contributed by atoms with Crippen molar-refractivity contribution < 1.29 is 19.1 Å². The van der Waals surface area contributed by atoms with Crippen LogP contribution in [0, 0.1) is 0 Å². The molecule has 6 nitrogen and oxygen atoms in total. The third-order valence-electron chi connectivity index (χ3n) is 4.42. The smallest absolute Gasteiger partial charge is 0.335 e. The van der Waals surface area contributed by atoms with Crippen molar-refractivity contribution >= 4 is 29.6 Å². The SMILES string of the molecule is CCOc1ccc(/C=C2\C(=O)NC(=O)N(c3ccc(C(C)C)cc3)C2=O)cc1. The van der Waals surface area contributed by atoms with Crippen molar-refractivity contribution in [3.8, 4) is 5.75 Å². The van der Waals surface area contributed by atoms with E-state index in [-0.39, 0.29) is 5.57 Å². The van der Waals surface area contributed by atoms with Gasteiger partial charge in [-0.2, -0.15) is 0 Å². The number of anilines is 1. The molecule has 28 heavy (non-hydrogen) atoms. The van der Waals surface area contributed by atoms with Gasteiger partial charge in [0.05, 0.1) is 12.3 Å². The van der Waals surface area contributed by atoms with Gasteiger partial charge in [-0.3, -0.25) is 14.9 Å². The molecule has 2 aromatic carbocycles. The molecule has 0 aromatic heterocycles. The molecule has 2 aromatic rings. The highest BCUT2D eigenvalue weighted by Crippen LogP contribution is 2.24. The van der Waals surface area contributed by atoms with Crippen molar-refractivity contribution in [1.29, 1.82) is 0 Å². The zero-order chi connectivity index (χ0) is 20.3. The van der Waals surface area contributed by atoms with Crippen LogP contribution in [0.3, 0.4) is 0 Å². The lowest BCUT2D eigenvalue weighted by atomic mass is 10.0. The first-order valence-corrected chi connectivity index (χ1v) is 9.15. The third kappa shape index (κ3) is 3.96. The highest BCUT2D eigenvalue weighted by molar-refractivity contribution is 6.39. The zero-order valence-corrected chi connectivity index (χ0v) is 16.1. The third-order valence-corrected chi connectivity index (χ3v) is 4.42. The number of rotatable bonds is 5. The molecule has 1 N–H and O–H groups in total. The average Bonchev–Trinajstić information content (AvgIpc) is 2.67. The number of imide groups is 2. The Morgan fingerprint density at radius 3 is 2.21 bits per heavy atom. The summed E-state index contributed by atoms with van der Waals surface area (Å²) < 4.78 is 5.39. The summed E-state index contributed by atoms with van der Waals surface area (Å²) in [4.78, 5) is 38.4. The molecular weight excluding hydrogens is 356 g/mol. The second-order valence-electron chi connectivity index (χ2n) is 6.71. The molecule has 0 aliphatic carbocycles. The molecule has 0 saturated carbocycles. The van der Waals surface area contributed by atoms with Crippen LogP contribution in [-0.4, -0.2) is 24.5 Å². The lowest BCUT2D eigenvalue weighted by Crippen LogP contribution is -2.54. The Kier molecular flexibility index (Phi) is 5.59. The minimum atomic E-state index is -0.754. The predicted octanol–water partition coefficient (Wildman–Crippen LogP) is 3.88. The Labute approximate surface area is 163 Å². The Hall–Kier alpha value is -3.41. The highest BCUT2D eigenvalue weighted by Gasteiger charge is 2.36. The predicted molar refractivity (Wildman–Crippen MR) is 107 cm³/mol. The Bertz CT molecular complexity index is 928. The summed E-state index contributed by atoms with van der Waals surface area (Å²) in [7, 11) is 0. The van der Waals surface area contributed by atoms with Gasteiger partial charge in [0.25, 0.3) is 11.8 Å². The van der Waals surface area contributed by atoms with E-state index >= 15 is 0 Å². The van der Waals surface area contributed by atoms with Crippen LogP contribution in [0.2, 0.25) is 0 Å². The van der Waals surface area contributed by atoms with E-state index in [9.17, 15) is 14.4 Å².